The van der Waals surface area contributed by atoms with E-state index in [9.17, 15) is 9.59 Å². The standard InChI is InChI=1S/C11H20ClNO3S/c1-9(14)13-10(5-3-2-4-6-12)11(15)16-7-8-17/h10,17H,2-8H2,1H3,(H,13,14)/t10-/m0/s1. The average molecular weight is 282 g/mol. The zero-order chi connectivity index (χ0) is 13.1. The summed E-state index contributed by atoms with van der Waals surface area (Å²) in [5, 5.41) is 2.59. The second-order valence-electron chi connectivity index (χ2n) is 3.68. The summed E-state index contributed by atoms with van der Waals surface area (Å²) in [5.74, 6) is 0.481. The van der Waals surface area contributed by atoms with Gasteiger partial charge in [-0.15, -0.1) is 11.6 Å². The van der Waals surface area contributed by atoms with Gasteiger partial charge in [0, 0.05) is 18.6 Å². The van der Waals surface area contributed by atoms with Gasteiger partial charge in [0.2, 0.25) is 5.91 Å². The smallest absolute Gasteiger partial charge is 0.328 e. The number of unbranched alkanes of at least 4 members (excludes halogenated alkanes) is 2. The van der Waals surface area contributed by atoms with Crippen molar-refractivity contribution in [3.05, 3.63) is 0 Å². The highest BCUT2D eigenvalue weighted by Gasteiger charge is 2.20. The van der Waals surface area contributed by atoms with Crippen molar-refractivity contribution >= 4 is 36.1 Å². The van der Waals surface area contributed by atoms with Gasteiger partial charge in [-0.05, 0) is 12.8 Å². The molecule has 0 saturated heterocycles. The van der Waals surface area contributed by atoms with E-state index in [1.807, 2.05) is 0 Å². The summed E-state index contributed by atoms with van der Waals surface area (Å²) in [6, 6.07) is -0.553. The Hall–Kier alpha value is -0.420. The molecule has 4 nitrogen and oxygen atoms in total. The third-order valence-corrected chi connectivity index (χ3v) is 2.57. The normalized spacial score (nSPS) is 11.9. The van der Waals surface area contributed by atoms with Gasteiger partial charge in [0.15, 0.2) is 0 Å². The third-order valence-electron chi connectivity index (χ3n) is 2.12. The van der Waals surface area contributed by atoms with Crippen LogP contribution in [0.2, 0.25) is 0 Å². The minimum atomic E-state index is -0.553. The molecule has 1 amide bonds. The number of thiol groups is 1. The molecule has 0 aliphatic heterocycles. The lowest BCUT2D eigenvalue weighted by atomic mass is 10.1. The molecule has 1 atom stereocenters. The number of rotatable bonds is 9. The molecule has 0 aliphatic rings. The Morgan fingerprint density at radius 3 is 2.59 bits per heavy atom. The molecule has 1 N–H and O–H groups in total. The van der Waals surface area contributed by atoms with E-state index in [-0.39, 0.29) is 18.5 Å². The van der Waals surface area contributed by atoms with Crippen LogP contribution in [0.3, 0.4) is 0 Å². The first kappa shape index (κ1) is 16.6. The molecule has 0 aromatic rings. The van der Waals surface area contributed by atoms with E-state index < -0.39 is 6.04 Å². The highest BCUT2D eigenvalue weighted by Crippen LogP contribution is 2.06. The number of carbonyl (C=O) groups excluding carboxylic acids is 2. The van der Waals surface area contributed by atoms with Crippen LogP contribution >= 0.6 is 24.2 Å². The fourth-order valence-corrected chi connectivity index (χ4v) is 1.64. The van der Waals surface area contributed by atoms with Crippen LogP contribution in [-0.2, 0) is 14.3 Å². The SMILES string of the molecule is CC(=O)N[C@@H](CCCCCCl)C(=O)OCCS. The van der Waals surface area contributed by atoms with Crippen molar-refractivity contribution in [3.63, 3.8) is 0 Å². The van der Waals surface area contributed by atoms with Gasteiger partial charge in [-0.2, -0.15) is 12.6 Å². The van der Waals surface area contributed by atoms with Gasteiger partial charge in [0.1, 0.15) is 12.6 Å². The topological polar surface area (TPSA) is 55.4 Å². The Bertz CT molecular complexity index is 239. The molecule has 0 fully saturated rings. The summed E-state index contributed by atoms with van der Waals surface area (Å²) in [6.07, 6.45) is 3.29. The molecule has 0 unspecified atom stereocenters. The summed E-state index contributed by atoms with van der Waals surface area (Å²) in [7, 11) is 0. The Kier molecular flexibility index (Phi) is 10.5. The molecule has 0 heterocycles. The zero-order valence-electron chi connectivity index (χ0n) is 10.1. The Morgan fingerprint density at radius 1 is 1.35 bits per heavy atom. The molecule has 100 valence electrons. The molecule has 0 aromatic carbocycles. The Morgan fingerprint density at radius 2 is 2.06 bits per heavy atom. The quantitative estimate of drug-likeness (QED) is 0.293. The largest absolute Gasteiger partial charge is 0.463 e. The minimum absolute atomic E-state index is 0.227. The van der Waals surface area contributed by atoms with Gasteiger partial charge in [-0.1, -0.05) is 12.8 Å². The Balaban J connectivity index is 4.03. The van der Waals surface area contributed by atoms with E-state index in [0.717, 1.165) is 19.3 Å². The van der Waals surface area contributed by atoms with Crippen LogP contribution < -0.4 is 5.32 Å². The first-order valence-electron chi connectivity index (χ1n) is 5.72. The number of ether oxygens (including phenoxy) is 1. The molecule has 17 heavy (non-hydrogen) atoms. The van der Waals surface area contributed by atoms with Gasteiger partial charge in [-0.25, -0.2) is 4.79 Å². The molecule has 0 radical (unpaired) electrons. The van der Waals surface area contributed by atoms with Crippen molar-refractivity contribution in [1.82, 2.24) is 5.32 Å². The van der Waals surface area contributed by atoms with E-state index in [0.29, 0.717) is 18.1 Å². The maximum Gasteiger partial charge on any atom is 0.328 e. The number of nitrogens with one attached hydrogen (secondary N) is 1. The number of esters is 1. The number of hydrogen-bond donors (Lipinski definition) is 2. The number of hydrogen-bond acceptors (Lipinski definition) is 4. The molecule has 0 spiro atoms. The maximum absolute atomic E-state index is 11.6. The minimum Gasteiger partial charge on any atom is -0.463 e. The van der Waals surface area contributed by atoms with E-state index in [2.05, 4.69) is 17.9 Å². The predicted molar refractivity (Wildman–Crippen MR) is 71.6 cm³/mol. The molecule has 0 aliphatic carbocycles. The van der Waals surface area contributed by atoms with E-state index >= 15 is 0 Å². The van der Waals surface area contributed by atoms with E-state index in [1.165, 1.54) is 6.92 Å². The van der Waals surface area contributed by atoms with Gasteiger partial charge in [0.25, 0.3) is 0 Å². The van der Waals surface area contributed by atoms with Crippen LogP contribution in [0.5, 0.6) is 0 Å². The van der Waals surface area contributed by atoms with Crippen LogP contribution in [-0.4, -0.2) is 36.2 Å². The number of alkyl halides is 1. The summed E-state index contributed by atoms with van der Waals surface area (Å²) in [5.41, 5.74) is 0. The lowest BCUT2D eigenvalue weighted by molar-refractivity contribution is -0.147. The number of halogens is 1. The van der Waals surface area contributed by atoms with Crippen molar-refractivity contribution in [2.75, 3.05) is 18.2 Å². The second kappa shape index (κ2) is 10.7. The molecule has 0 saturated carbocycles. The van der Waals surface area contributed by atoms with E-state index in [4.69, 9.17) is 16.3 Å². The number of carbonyl (C=O) groups is 2. The highest BCUT2D eigenvalue weighted by molar-refractivity contribution is 7.80. The van der Waals surface area contributed by atoms with Crippen molar-refractivity contribution in [1.29, 1.82) is 0 Å². The van der Waals surface area contributed by atoms with Crippen molar-refractivity contribution < 1.29 is 14.3 Å². The van der Waals surface area contributed by atoms with Gasteiger partial charge in [-0.3, -0.25) is 4.79 Å². The van der Waals surface area contributed by atoms with Crippen LogP contribution in [0.25, 0.3) is 0 Å². The van der Waals surface area contributed by atoms with Gasteiger partial charge < -0.3 is 10.1 Å². The van der Waals surface area contributed by atoms with E-state index in [1.54, 1.807) is 0 Å². The highest BCUT2D eigenvalue weighted by atomic mass is 35.5. The van der Waals surface area contributed by atoms with Crippen molar-refractivity contribution in [2.45, 2.75) is 38.6 Å². The van der Waals surface area contributed by atoms with Gasteiger partial charge >= 0.3 is 5.97 Å². The zero-order valence-corrected chi connectivity index (χ0v) is 11.7. The fourth-order valence-electron chi connectivity index (χ4n) is 1.36. The first-order valence-corrected chi connectivity index (χ1v) is 6.89. The predicted octanol–water partition coefficient (Wildman–Crippen LogP) is 1.76. The summed E-state index contributed by atoms with van der Waals surface area (Å²) < 4.78 is 4.96. The van der Waals surface area contributed by atoms with Crippen LogP contribution in [0, 0.1) is 0 Å². The van der Waals surface area contributed by atoms with Crippen LogP contribution in [0.4, 0.5) is 0 Å². The molecule has 0 bridgehead atoms. The fraction of sp³-hybridized carbons (Fsp3) is 0.818. The summed E-state index contributed by atoms with van der Waals surface area (Å²) in [4.78, 5) is 22.6. The van der Waals surface area contributed by atoms with Gasteiger partial charge in [0.05, 0.1) is 0 Å². The maximum atomic E-state index is 11.6. The summed E-state index contributed by atoms with van der Waals surface area (Å²) in [6.45, 7) is 1.65. The molecule has 0 aromatic heterocycles. The van der Waals surface area contributed by atoms with Crippen LogP contribution in [0.1, 0.15) is 32.6 Å². The summed E-state index contributed by atoms with van der Waals surface area (Å²) >= 11 is 9.52. The Labute approximate surface area is 113 Å². The second-order valence-corrected chi connectivity index (χ2v) is 4.51. The monoisotopic (exact) mass is 281 g/mol. The van der Waals surface area contributed by atoms with Crippen molar-refractivity contribution in [3.8, 4) is 0 Å². The van der Waals surface area contributed by atoms with Crippen molar-refractivity contribution in [2.24, 2.45) is 0 Å². The lowest BCUT2D eigenvalue weighted by Crippen LogP contribution is -2.40. The third kappa shape index (κ3) is 9.30. The average Bonchev–Trinajstić information content (AvgIpc) is 2.29. The number of amides is 1. The molecule has 6 heteroatoms. The molecule has 0 rings (SSSR count). The first-order chi connectivity index (χ1) is 8.11. The molecular weight excluding hydrogens is 262 g/mol. The van der Waals surface area contributed by atoms with Crippen LogP contribution in [0.15, 0.2) is 0 Å². The molecular formula is C11H20ClNO3S. The lowest BCUT2D eigenvalue weighted by Gasteiger charge is -2.16.